The summed E-state index contributed by atoms with van der Waals surface area (Å²) >= 11 is 0. The molecule has 0 aliphatic rings. The van der Waals surface area contributed by atoms with Gasteiger partial charge in [-0.1, -0.05) is 0 Å². The maximum Gasteiger partial charge on any atom is 0.239 e. The average Bonchev–Trinajstić information content (AvgIpc) is 2.29. The first kappa shape index (κ1) is 13.4. The average molecular weight is 238 g/mol. The lowest BCUT2D eigenvalue weighted by Gasteiger charge is -2.15. The summed E-state index contributed by atoms with van der Waals surface area (Å²) in [6.45, 7) is 1.61. The summed E-state index contributed by atoms with van der Waals surface area (Å²) in [7, 11) is 3.49. The summed E-state index contributed by atoms with van der Waals surface area (Å²) < 4.78 is 4.93. The molecule has 0 aromatic carbocycles. The Morgan fingerprint density at radius 1 is 1.59 bits per heavy atom. The van der Waals surface area contributed by atoms with Crippen molar-refractivity contribution in [2.45, 2.75) is 0 Å². The second-order valence-corrected chi connectivity index (χ2v) is 3.76. The van der Waals surface area contributed by atoms with Gasteiger partial charge < -0.3 is 15.8 Å². The van der Waals surface area contributed by atoms with Gasteiger partial charge in [-0.2, -0.15) is 0 Å². The fraction of sp³-hybridized carbons (Fsp3) is 0.455. The first-order chi connectivity index (χ1) is 8.11. The second-order valence-electron chi connectivity index (χ2n) is 3.76. The van der Waals surface area contributed by atoms with Crippen LogP contribution in [-0.4, -0.2) is 49.6 Å². The lowest BCUT2D eigenvalue weighted by atomic mass is 10.4. The fourth-order valence-electron chi connectivity index (χ4n) is 1.23. The van der Waals surface area contributed by atoms with E-state index < -0.39 is 0 Å². The van der Waals surface area contributed by atoms with Crippen LogP contribution in [0.5, 0.6) is 0 Å². The molecule has 0 fully saturated rings. The molecule has 0 saturated heterocycles. The van der Waals surface area contributed by atoms with Gasteiger partial charge in [-0.15, -0.1) is 0 Å². The van der Waals surface area contributed by atoms with E-state index in [0.29, 0.717) is 31.2 Å². The van der Waals surface area contributed by atoms with Gasteiger partial charge in [-0.3, -0.25) is 9.69 Å². The van der Waals surface area contributed by atoms with Gasteiger partial charge in [0.2, 0.25) is 5.91 Å². The fourth-order valence-corrected chi connectivity index (χ4v) is 1.23. The van der Waals surface area contributed by atoms with E-state index in [0.717, 1.165) is 0 Å². The highest BCUT2D eigenvalue weighted by molar-refractivity contribution is 5.91. The number of nitrogens with zero attached hydrogens (tertiary/aromatic N) is 2. The van der Waals surface area contributed by atoms with Crippen LogP contribution in [-0.2, 0) is 9.53 Å². The number of ether oxygens (including phenoxy) is 1. The highest BCUT2D eigenvalue weighted by Gasteiger charge is 2.06. The topological polar surface area (TPSA) is 80.5 Å². The maximum atomic E-state index is 11.6. The number of carbonyl (C=O) groups excluding carboxylic acids is 1. The van der Waals surface area contributed by atoms with E-state index in [1.54, 1.807) is 19.2 Å². The van der Waals surface area contributed by atoms with Crippen molar-refractivity contribution in [1.82, 2.24) is 9.88 Å². The molecule has 0 unspecified atom stereocenters. The monoisotopic (exact) mass is 238 g/mol. The molecule has 0 spiro atoms. The van der Waals surface area contributed by atoms with E-state index in [9.17, 15) is 4.79 Å². The second kappa shape index (κ2) is 6.82. The van der Waals surface area contributed by atoms with E-state index in [4.69, 9.17) is 10.5 Å². The minimum absolute atomic E-state index is 0.110. The molecular weight excluding hydrogens is 220 g/mol. The molecule has 0 atom stereocenters. The van der Waals surface area contributed by atoms with Crippen LogP contribution in [0.15, 0.2) is 18.3 Å². The summed E-state index contributed by atoms with van der Waals surface area (Å²) in [6.07, 6.45) is 1.50. The molecule has 0 saturated carbocycles. The van der Waals surface area contributed by atoms with Gasteiger partial charge in [0.1, 0.15) is 5.82 Å². The number of aromatic nitrogens is 1. The Labute approximate surface area is 101 Å². The number of hydrogen-bond acceptors (Lipinski definition) is 5. The third-order valence-electron chi connectivity index (χ3n) is 2.14. The Balaban J connectivity index is 2.36. The minimum Gasteiger partial charge on any atom is -0.397 e. The first-order valence-corrected chi connectivity index (χ1v) is 5.30. The molecular formula is C11H18N4O2. The van der Waals surface area contributed by atoms with Crippen LogP contribution < -0.4 is 11.1 Å². The number of methoxy groups -OCH3 is 1. The molecule has 17 heavy (non-hydrogen) atoms. The molecule has 6 heteroatoms. The summed E-state index contributed by atoms with van der Waals surface area (Å²) in [5.74, 6) is 0.394. The van der Waals surface area contributed by atoms with Crippen LogP contribution in [0.25, 0.3) is 0 Å². The summed E-state index contributed by atoms with van der Waals surface area (Å²) in [4.78, 5) is 17.5. The third kappa shape index (κ3) is 5.28. The quantitative estimate of drug-likeness (QED) is 0.739. The van der Waals surface area contributed by atoms with Gasteiger partial charge in [-0.05, 0) is 19.2 Å². The molecule has 94 valence electrons. The molecule has 6 nitrogen and oxygen atoms in total. The molecule has 1 aromatic heterocycles. The maximum absolute atomic E-state index is 11.6. The van der Waals surface area contributed by atoms with Gasteiger partial charge in [0.05, 0.1) is 25.0 Å². The zero-order valence-electron chi connectivity index (χ0n) is 10.1. The number of pyridine rings is 1. The SMILES string of the molecule is COCCN(C)CC(=O)Nc1ccc(N)cn1. The van der Waals surface area contributed by atoms with Crippen LogP contribution in [0.1, 0.15) is 0 Å². The van der Waals surface area contributed by atoms with Gasteiger partial charge in [0.25, 0.3) is 0 Å². The minimum atomic E-state index is -0.110. The van der Waals surface area contributed by atoms with Crippen molar-refractivity contribution in [1.29, 1.82) is 0 Å². The number of nitrogens with one attached hydrogen (secondary N) is 1. The van der Waals surface area contributed by atoms with Crippen LogP contribution in [0.2, 0.25) is 0 Å². The highest BCUT2D eigenvalue weighted by Crippen LogP contribution is 2.05. The van der Waals surface area contributed by atoms with E-state index in [1.165, 1.54) is 6.20 Å². The van der Waals surface area contributed by atoms with Gasteiger partial charge in [0, 0.05) is 13.7 Å². The number of rotatable bonds is 6. The molecule has 1 amide bonds. The lowest BCUT2D eigenvalue weighted by molar-refractivity contribution is -0.117. The smallest absolute Gasteiger partial charge is 0.239 e. The molecule has 1 aromatic rings. The standard InChI is InChI=1S/C11H18N4O2/c1-15(5-6-17-2)8-11(16)14-10-4-3-9(12)7-13-10/h3-4,7H,5-6,8,12H2,1-2H3,(H,13,14,16). The predicted molar refractivity (Wildman–Crippen MR) is 66.7 cm³/mol. The van der Waals surface area contributed by atoms with Crippen molar-refractivity contribution in [3.63, 3.8) is 0 Å². The van der Waals surface area contributed by atoms with E-state index in [2.05, 4.69) is 10.3 Å². The van der Waals surface area contributed by atoms with E-state index in [1.807, 2.05) is 11.9 Å². The molecule has 0 radical (unpaired) electrons. The van der Waals surface area contributed by atoms with Crippen molar-refractivity contribution in [3.05, 3.63) is 18.3 Å². The van der Waals surface area contributed by atoms with Crippen molar-refractivity contribution in [2.24, 2.45) is 0 Å². The Morgan fingerprint density at radius 3 is 2.94 bits per heavy atom. The molecule has 1 rings (SSSR count). The van der Waals surface area contributed by atoms with Crippen LogP contribution >= 0.6 is 0 Å². The number of carbonyl (C=O) groups is 1. The largest absolute Gasteiger partial charge is 0.397 e. The van der Waals surface area contributed by atoms with Gasteiger partial charge in [0.15, 0.2) is 0 Å². The van der Waals surface area contributed by atoms with E-state index in [-0.39, 0.29) is 5.91 Å². The predicted octanol–water partition coefficient (Wildman–Crippen LogP) is 0.181. The normalized spacial score (nSPS) is 10.5. The van der Waals surface area contributed by atoms with Crippen molar-refractivity contribution in [3.8, 4) is 0 Å². The van der Waals surface area contributed by atoms with Crippen molar-refractivity contribution in [2.75, 3.05) is 44.9 Å². The Hall–Kier alpha value is -1.66. The van der Waals surface area contributed by atoms with Gasteiger partial charge >= 0.3 is 0 Å². The number of nitrogen functional groups attached to an aromatic ring is 1. The Morgan fingerprint density at radius 2 is 2.35 bits per heavy atom. The number of anilines is 2. The molecule has 0 aliphatic carbocycles. The Bertz CT molecular complexity index is 353. The number of nitrogens with two attached hydrogens (primary N) is 1. The molecule has 3 N–H and O–H groups in total. The van der Waals surface area contributed by atoms with Gasteiger partial charge in [-0.25, -0.2) is 4.98 Å². The van der Waals surface area contributed by atoms with E-state index >= 15 is 0 Å². The van der Waals surface area contributed by atoms with Crippen LogP contribution in [0.4, 0.5) is 11.5 Å². The van der Waals surface area contributed by atoms with Crippen molar-refractivity contribution >= 4 is 17.4 Å². The van der Waals surface area contributed by atoms with Crippen LogP contribution in [0, 0.1) is 0 Å². The molecule has 0 bridgehead atoms. The molecule has 0 aliphatic heterocycles. The Kier molecular flexibility index (Phi) is 5.38. The number of hydrogen-bond donors (Lipinski definition) is 2. The first-order valence-electron chi connectivity index (χ1n) is 5.30. The molecule has 1 heterocycles. The lowest BCUT2D eigenvalue weighted by Crippen LogP contribution is -2.32. The number of amides is 1. The summed E-state index contributed by atoms with van der Waals surface area (Å²) in [5, 5.41) is 2.69. The van der Waals surface area contributed by atoms with Crippen LogP contribution in [0.3, 0.4) is 0 Å². The third-order valence-corrected chi connectivity index (χ3v) is 2.14. The highest BCUT2D eigenvalue weighted by atomic mass is 16.5. The van der Waals surface area contributed by atoms with Crippen molar-refractivity contribution < 1.29 is 9.53 Å². The zero-order valence-corrected chi connectivity index (χ0v) is 10.1. The summed E-state index contributed by atoms with van der Waals surface area (Å²) in [5.41, 5.74) is 6.07. The zero-order chi connectivity index (χ0) is 12.7. The number of likely N-dealkylation sites (N-methyl/N-ethyl adjacent to an activating group) is 1. The summed E-state index contributed by atoms with van der Waals surface area (Å²) in [6, 6.07) is 3.36.